The average molecular weight is 347 g/mol. The Labute approximate surface area is 150 Å². The number of nitrogens with one attached hydrogen (secondary N) is 1. The summed E-state index contributed by atoms with van der Waals surface area (Å²) in [5.41, 5.74) is 1.18. The lowest BCUT2D eigenvalue weighted by molar-refractivity contribution is -0.138. The molecule has 2 amide bonds. The molecule has 6 heteroatoms. The van der Waals surface area contributed by atoms with E-state index in [9.17, 15) is 9.59 Å². The van der Waals surface area contributed by atoms with Crippen LogP contribution in [-0.4, -0.2) is 62.7 Å². The number of nitrogens with zero attached hydrogens (tertiary/aromatic N) is 2. The van der Waals surface area contributed by atoms with E-state index in [0.717, 1.165) is 19.5 Å². The van der Waals surface area contributed by atoms with Crippen LogP contribution in [0.25, 0.3) is 0 Å². The fourth-order valence-electron chi connectivity index (χ4n) is 2.73. The molecular formula is C19H29N3O3. The zero-order valence-electron chi connectivity index (χ0n) is 15.2. The molecule has 0 saturated carbocycles. The summed E-state index contributed by atoms with van der Waals surface area (Å²) in [5, 5.41) is 2.80. The third-order valence-corrected chi connectivity index (χ3v) is 4.26. The van der Waals surface area contributed by atoms with Crippen LogP contribution in [0.3, 0.4) is 0 Å². The van der Waals surface area contributed by atoms with Crippen molar-refractivity contribution in [3.8, 4) is 0 Å². The first-order valence-electron chi connectivity index (χ1n) is 8.98. The fourth-order valence-corrected chi connectivity index (χ4v) is 2.73. The monoisotopic (exact) mass is 347 g/mol. The number of ether oxygens (including phenoxy) is 1. The van der Waals surface area contributed by atoms with Crippen LogP contribution in [0.1, 0.15) is 20.3 Å². The Hall–Kier alpha value is -2.08. The molecule has 0 aromatic heterocycles. The molecule has 0 aliphatic carbocycles. The van der Waals surface area contributed by atoms with Gasteiger partial charge in [-0.3, -0.25) is 9.59 Å². The van der Waals surface area contributed by atoms with Crippen LogP contribution in [0.4, 0.5) is 5.69 Å². The van der Waals surface area contributed by atoms with E-state index < -0.39 is 0 Å². The van der Waals surface area contributed by atoms with Gasteiger partial charge in [-0.25, -0.2) is 0 Å². The summed E-state index contributed by atoms with van der Waals surface area (Å²) in [7, 11) is 0. The van der Waals surface area contributed by atoms with Crippen molar-refractivity contribution < 1.29 is 14.3 Å². The summed E-state index contributed by atoms with van der Waals surface area (Å²) in [6.07, 6.45) is 0.941. The molecule has 0 unspecified atom stereocenters. The second-order valence-electron chi connectivity index (χ2n) is 6.73. The fraction of sp³-hybridized carbons (Fsp3) is 0.579. The number of benzene rings is 1. The van der Waals surface area contributed by atoms with Crippen molar-refractivity contribution in [2.45, 2.75) is 20.3 Å². The minimum absolute atomic E-state index is 0.0388. The van der Waals surface area contributed by atoms with Crippen LogP contribution in [0.5, 0.6) is 0 Å². The molecular weight excluding hydrogens is 318 g/mol. The second-order valence-corrected chi connectivity index (χ2v) is 6.73. The van der Waals surface area contributed by atoms with Crippen LogP contribution >= 0.6 is 0 Å². The lowest BCUT2D eigenvalue weighted by atomic mass is 10.1. The molecule has 1 aliphatic rings. The van der Waals surface area contributed by atoms with E-state index in [1.807, 2.05) is 18.2 Å². The zero-order valence-corrected chi connectivity index (χ0v) is 15.2. The van der Waals surface area contributed by atoms with E-state index in [2.05, 4.69) is 36.2 Å². The van der Waals surface area contributed by atoms with Gasteiger partial charge in [-0.15, -0.1) is 0 Å². The lowest BCUT2D eigenvalue weighted by Gasteiger charge is -2.36. The van der Waals surface area contributed by atoms with Crippen LogP contribution < -0.4 is 10.2 Å². The van der Waals surface area contributed by atoms with Gasteiger partial charge in [-0.1, -0.05) is 32.0 Å². The number of hydrogen-bond acceptors (Lipinski definition) is 4. The standard InChI is InChI=1S/C19H29N3O3/c1-16(2)8-9-20-18(23)14-25-15-19(24)22-12-10-21(11-13-22)17-6-4-3-5-7-17/h3-7,16H,8-15H2,1-2H3,(H,20,23). The summed E-state index contributed by atoms with van der Waals surface area (Å²) in [5.74, 6) is 0.336. The summed E-state index contributed by atoms with van der Waals surface area (Å²) < 4.78 is 5.26. The lowest BCUT2D eigenvalue weighted by Crippen LogP contribution is -2.50. The Bertz CT molecular complexity index is 540. The first-order valence-corrected chi connectivity index (χ1v) is 8.98. The van der Waals surface area contributed by atoms with Crippen LogP contribution in [0.15, 0.2) is 30.3 Å². The Morgan fingerprint density at radius 3 is 2.40 bits per heavy atom. The first kappa shape index (κ1) is 19.2. The second kappa shape index (κ2) is 10.0. The van der Waals surface area contributed by atoms with Crippen LogP contribution in [-0.2, 0) is 14.3 Å². The van der Waals surface area contributed by atoms with Gasteiger partial charge < -0.3 is 19.9 Å². The van der Waals surface area contributed by atoms with Gasteiger partial charge in [0.1, 0.15) is 13.2 Å². The first-order chi connectivity index (χ1) is 12.1. The zero-order chi connectivity index (χ0) is 18.1. The quantitative estimate of drug-likeness (QED) is 0.774. The van der Waals surface area contributed by atoms with E-state index in [1.165, 1.54) is 5.69 Å². The normalized spacial score (nSPS) is 14.7. The molecule has 138 valence electrons. The Morgan fingerprint density at radius 2 is 1.76 bits per heavy atom. The highest BCUT2D eigenvalue weighted by Gasteiger charge is 2.21. The summed E-state index contributed by atoms with van der Waals surface area (Å²) >= 11 is 0. The van der Waals surface area contributed by atoms with E-state index in [-0.39, 0.29) is 25.0 Å². The van der Waals surface area contributed by atoms with E-state index in [4.69, 9.17) is 4.74 Å². The van der Waals surface area contributed by atoms with Gasteiger partial charge in [-0.2, -0.15) is 0 Å². The highest BCUT2D eigenvalue weighted by atomic mass is 16.5. The summed E-state index contributed by atoms with van der Waals surface area (Å²) in [4.78, 5) is 27.9. The average Bonchev–Trinajstić information content (AvgIpc) is 2.62. The highest BCUT2D eigenvalue weighted by molar-refractivity contribution is 5.79. The van der Waals surface area contributed by atoms with Crippen molar-refractivity contribution in [1.29, 1.82) is 0 Å². The number of piperazine rings is 1. The highest BCUT2D eigenvalue weighted by Crippen LogP contribution is 2.15. The van der Waals surface area contributed by atoms with Crippen molar-refractivity contribution in [2.75, 3.05) is 50.8 Å². The van der Waals surface area contributed by atoms with Crippen molar-refractivity contribution >= 4 is 17.5 Å². The molecule has 1 saturated heterocycles. The molecule has 1 aromatic carbocycles. The summed E-state index contributed by atoms with van der Waals surface area (Å²) in [6, 6.07) is 10.2. The number of para-hydroxylation sites is 1. The minimum atomic E-state index is -0.164. The molecule has 0 spiro atoms. The predicted molar refractivity (Wildman–Crippen MR) is 98.5 cm³/mol. The number of carbonyl (C=O) groups is 2. The van der Waals surface area contributed by atoms with Gasteiger partial charge in [-0.05, 0) is 24.5 Å². The molecule has 0 bridgehead atoms. The molecule has 6 nitrogen and oxygen atoms in total. The molecule has 0 radical (unpaired) electrons. The molecule has 1 aliphatic heterocycles. The molecule has 1 fully saturated rings. The van der Waals surface area contributed by atoms with Crippen molar-refractivity contribution in [1.82, 2.24) is 10.2 Å². The van der Waals surface area contributed by atoms with Crippen LogP contribution in [0, 0.1) is 5.92 Å². The molecule has 1 heterocycles. The smallest absolute Gasteiger partial charge is 0.248 e. The Kier molecular flexibility index (Phi) is 7.73. The molecule has 25 heavy (non-hydrogen) atoms. The van der Waals surface area contributed by atoms with E-state index >= 15 is 0 Å². The van der Waals surface area contributed by atoms with E-state index in [1.54, 1.807) is 4.90 Å². The number of rotatable bonds is 8. The third-order valence-electron chi connectivity index (χ3n) is 4.26. The molecule has 1 N–H and O–H groups in total. The van der Waals surface area contributed by atoms with Crippen molar-refractivity contribution in [2.24, 2.45) is 5.92 Å². The largest absolute Gasteiger partial charge is 0.368 e. The summed E-state index contributed by atoms with van der Waals surface area (Å²) in [6.45, 7) is 7.75. The van der Waals surface area contributed by atoms with Gasteiger partial charge in [0.2, 0.25) is 11.8 Å². The van der Waals surface area contributed by atoms with Crippen LogP contribution in [0.2, 0.25) is 0 Å². The number of anilines is 1. The maximum atomic E-state index is 12.2. The van der Waals surface area contributed by atoms with Crippen molar-refractivity contribution in [3.63, 3.8) is 0 Å². The van der Waals surface area contributed by atoms with Crippen molar-refractivity contribution in [3.05, 3.63) is 30.3 Å². The van der Waals surface area contributed by atoms with E-state index in [0.29, 0.717) is 25.6 Å². The van der Waals surface area contributed by atoms with Gasteiger partial charge in [0.05, 0.1) is 0 Å². The Morgan fingerprint density at radius 1 is 1.08 bits per heavy atom. The SMILES string of the molecule is CC(C)CCNC(=O)COCC(=O)N1CCN(c2ccccc2)CC1. The van der Waals surface area contributed by atoms with Gasteiger partial charge >= 0.3 is 0 Å². The molecule has 2 rings (SSSR count). The Balaban J connectivity index is 1.61. The topological polar surface area (TPSA) is 61.9 Å². The third kappa shape index (κ3) is 6.74. The number of amides is 2. The maximum Gasteiger partial charge on any atom is 0.248 e. The minimum Gasteiger partial charge on any atom is -0.368 e. The molecule has 1 aromatic rings. The van der Waals surface area contributed by atoms with Gasteiger partial charge in [0, 0.05) is 38.4 Å². The molecule has 0 atom stereocenters. The van der Waals surface area contributed by atoms with Gasteiger partial charge in [0.15, 0.2) is 0 Å². The maximum absolute atomic E-state index is 12.2. The van der Waals surface area contributed by atoms with Gasteiger partial charge in [0.25, 0.3) is 0 Å². The number of hydrogen-bond donors (Lipinski definition) is 1. The number of carbonyl (C=O) groups excluding carboxylic acids is 2. The predicted octanol–water partition coefficient (Wildman–Crippen LogP) is 1.51.